The first-order valence-electron chi connectivity index (χ1n) is 4.52. The van der Waals surface area contributed by atoms with Crippen molar-refractivity contribution < 1.29 is 9.26 Å². The minimum Gasteiger partial charge on any atom is -0.484 e. The van der Waals surface area contributed by atoms with Crippen molar-refractivity contribution in [2.75, 3.05) is 0 Å². The van der Waals surface area contributed by atoms with Crippen LogP contribution in [0, 0.1) is 6.92 Å². The van der Waals surface area contributed by atoms with E-state index in [9.17, 15) is 0 Å². The van der Waals surface area contributed by atoms with Gasteiger partial charge >= 0.3 is 0 Å². The maximum atomic E-state index is 5.84. The van der Waals surface area contributed by atoms with E-state index in [1.54, 1.807) is 25.1 Å². The molecule has 2 aromatic rings. The Morgan fingerprint density at radius 2 is 2.12 bits per heavy atom. The highest BCUT2D eigenvalue weighted by Crippen LogP contribution is 2.26. The summed E-state index contributed by atoms with van der Waals surface area (Å²) in [6.45, 7) is 1.95. The number of rotatable bonds is 3. The molecule has 0 aliphatic rings. The first-order valence-corrected chi connectivity index (χ1v) is 5.28. The van der Waals surface area contributed by atoms with Gasteiger partial charge in [-0.1, -0.05) is 28.4 Å². The Bertz CT molecular complexity index is 499. The molecular weight excluding hydrogens is 251 g/mol. The summed E-state index contributed by atoms with van der Waals surface area (Å²) in [5.74, 6) is 1.60. The standard InChI is InChI=1S/C10H8Cl2N2O2/c1-6-13-10(16-14-6)5-15-7-2-3-8(11)9(12)4-7/h2-4H,5H2,1H3. The molecule has 0 saturated carbocycles. The Morgan fingerprint density at radius 1 is 1.31 bits per heavy atom. The van der Waals surface area contributed by atoms with E-state index in [1.165, 1.54) is 0 Å². The van der Waals surface area contributed by atoms with Gasteiger partial charge in [0.25, 0.3) is 5.89 Å². The Labute approximate surface area is 102 Å². The Kier molecular flexibility index (Phi) is 3.31. The van der Waals surface area contributed by atoms with Gasteiger partial charge in [-0.25, -0.2) is 0 Å². The molecule has 0 aliphatic heterocycles. The molecule has 0 atom stereocenters. The van der Waals surface area contributed by atoms with Crippen LogP contribution in [0.1, 0.15) is 11.7 Å². The van der Waals surface area contributed by atoms with Crippen LogP contribution in [0.4, 0.5) is 0 Å². The predicted molar refractivity (Wildman–Crippen MR) is 59.8 cm³/mol. The van der Waals surface area contributed by atoms with Crippen molar-refractivity contribution in [3.05, 3.63) is 40.0 Å². The number of aryl methyl sites for hydroxylation is 1. The van der Waals surface area contributed by atoms with E-state index in [0.29, 0.717) is 27.5 Å². The maximum Gasteiger partial charge on any atom is 0.264 e. The molecule has 0 bridgehead atoms. The fourth-order valence-corrected chi connectivity index (χ4v) is 1.40. The van der Waals surface area contributed by atoms with Crippen LogP contribution in [-0.2, 0) is 6.61 Å². The molecule has 0 aliphatic carbocycles. The number of hydrogen-bond donors (Lipinski definition) is 0. The second kappa shape index (κ2) is 4.72. The van der Waals surface area contributed by atoms with E-state index < -0.39 is 0 Å². The molecule has 16 heavy (non-hydrogen) atoms. The van der Waals surface area contributed by atoms with Crippen LogP contribution in [0.3, 0.4) is 0 Å². The van der Waals surface area contributed by atoms with Gasteiger partial charge in [0.1, 0.15) is 5.75 Å². The summed E-state index contributed by atoms with van der Waals surface area (Å²) in [6.07, 6.45) is 0. The van der Waals surface area contributed by atoms with Gasteiger partial charge in [0.15, 0.2) is 12.4 Å². The average molecular weight is 259 g/mol. The predicted octanol–water partition coefficient (Wildman–Crippen LogP) is 3.26. The molecule has 6 heteroatoms. The summed E-state index contributed by atoms with van der Waals surface area (Å²) in [6, 6.07) is 5.02. The molecule has 0 spiro atoms. The molecule has 4 nitrogen and oxygen atoms in total. The van der Waals surface area contributed by atoms with Crippen LogP contribution in [0.25, 0.3) is 0 Å². The second-order valence-electron chi connectivity index (χ2n) is 3.10. The first-order chi connectivity index (χ1) is 7.65. The van der Waals surface area contributed by atoms with Crippen LogP contribution in [-0.4, -0.2) is 10.1 Å². The highest BCUT2D eigenvalue weighted by molar-refractivity contribution is 6.42. The van der Waals surface area contributed by atoms with E-state index in [1.807, 2.05) is 0 Å². The van der Waals surface area contributed by atoms with E-state index in [4.69, 9.17) is 32.5 Å². The number of hydrogen-bond acceptors (Lipinski definition) is 4. The molecule has 2 rings (SSSR count). The Hall–Kier alpha value is -1.26. The van der Waals surface area contributed by atoms with Crippen molar-refractivity contribution in [2.45, 2.75) is 13.5 Å². The number of nitrogens with zero attached hydrogens (tertiary/aromatic N) is 2. The van der Waals surface area contributed by atoms with Gasteiger partial charge in [-0.05, 0) is 19.1 Å². The van der Waals surface area contributed by atoms with Gasteiger partial charge in [-0.2, -0.15) is 4.98 Å². The van der Waals surface area contributed by atoms with Crippen LogP contribution in [0.5, 0.6) is 5.75 Å². The number of benzene rings is 1. The van der Waals surface area contributed by atoms with Crippen LogP contribution in [0.15, 0.2) is 22.7 Å². The monoisotopic (exact) mass is 258 g/mol. The summed E-state index contributed by atoms with van der Waals surface area (Å²) >= 11 is 11.6. The molecule has 0 radical (unpaired) electrons. The van der Waals surface area contributed by atoms with E-state index in [2.05, 4.69) is 10.1 Å². The summed E-state index contributed by atoms with van der Waals surface area (Å²) in [7, 11) is 0. The van der Waals surface area contributed by atoms with Crippen molar-refractivity contribution in [1.82, 2.24) is 10.1 Å². The van der Waals surface area contributed by atoms with Gasteiger partial charge in [0, 0.05) is 6.07 Å². The zero-order valence-electron chi connectivity index (χ0n) is 8.41. The lowest BCUT2D eigenvalue weighted by Crippen LogP contribution is -1.95. The first kappa shape index (κ1) is 11.2. The van der Waals surface area contributed by atoms with Crippen LogP contribution in [0.2, 0.25) is 10.0 Å². The lowest BCUT2D eigenvalue weighted by molar-refractivity contribution is 0.242. The summed E-state index contributed by atoms with van der Waals surface area (Å²) in [4.78, 5) is 4.00. The lowest BCUT2D eigenvalue weighted by Gasteiger charge is -2.03. The van der Waals surface area contributed by atoms with Gasteiger partial charge in [-0.15, -0.1) is 0 Å². The molecule has 1 aromatic heterocycles. The third-order valence-electron chi connectivity index (χ3n) is 1.82. The molecule has 0 fully saturated rings. The largest absolute Gasteiger partial charge is 0.484 e. The van der Waals surface area contributed by atoms with Gasteiger partial charge in [-0.3, -0.25) is 0 Å². The molecule has 1 aromatic carbocycles. The fraction of sp³-hybridized carbons (Fsp3) is 0.200. The maximum absolute atomic E-state index is 5.84. The summed E-state index contributed by atoms with van der Waals surface area (Å²) in [5.41, 5.74) is 0. The topological polar surface area (TPSA) is 48.2 Å². The quantitative estimate of drug-likeness (QED) is 0.848. The average Bonchev–Trinajstić information content (AvgIpc) is 2.66. The van der Waals surface area contributed by atoms with Gasteiger partial charge < -0.3 is 9.26 Å². The van der Waals surface area contributed by atoms with E-state index in [0.717, 1.165) is 0 Å². The Morgan fingerprint density at radius 3 is 2.75 bits per heavy atom. The van der Waals surface area contributed by atoms with Crippen LogP contribution >= 0.6 is 23.2 Å². The van der Waals surface area contributed by atoms with Gasteiger partial charge in [0.2, 0.25) is 0 Å². The van der Waals surface area contributed by atoms with Crippen molar-refractivity contribution in [1.29, 1.82) is 0 Å². The van der Waals surface area contributed by atoms with Crippen molar-refractivity contribution >= 4 is 23.2 Å². The highest BCUT2D eigenvalue weighted by atomic mass is 35.5. The zero-order valence-corrected chi connectivity index (χ0v) is 9.92. The second-order valence-corrected chi connectivity index (χ2v) is 3.91. The normalized spacial score (nSPS) is 10.4. The van der Waals surface area contributed by atoms with Crippen LogP contribution < -0.4 is 4.74 Å². The minimum atomic E-state index is 0.207. The smallest absolute Gasteiger partial charge is 0.264 e. The molecule has 0 saturated heterocycles. The Balaban J connectivity index is 2.02. The molecule has 1 heterocycles. The zero-order chi connectivity index (χ0) is 11.5. The van der Waals surface area contributed by atoms with Crippen molar-refractivity contribution in [3.8, 4) is 5.75 Å². The SMILES string of the molecule is Cc1noc(COc2ccc(Cl)c(Cl)c2)n1. The molecular formula is C10H8Cl2N2O2. The minimum absolute atomic E-state index is 0.207. The number of ether oxygens (including phenoxy) is 1. The van der Waals surface area contributed by atoms with E-state index in [-0.39, 0.29) is 6.61 Å². The number of halogens is 2. The third kappa shape index (κ3) is 2.65. The summed E-state index contributed by atoms with van der Waals surface area (Å²) < 4.78 is 10.3. The van der Waals surface area contributed by atoms with Gasteiger partial charge in [0.05, 0.1) is 10.0 Å². The van der Waals surface area contributed by atoms with Crippen molar-refractivity contribution in [3.63, 3.8) is 0 Å². The summed E-state index contributed by atoms with van der Waals surface area (Å²) in [5, 5.41) is 4.58. The van der Waals surface area contributed by atoms with E-state index >= 15 is 0 Å². The fourth-order valence-electron chi connectivity index (χ4n) is 1.11. The molecule has 0 amide bonds. The highest BCUT2D eigenvalue weighted by Gasteiger charge is 2.05. The molecule has 0 unspecified atom stereocenters. The molecule has 0 N–H and O–H groups in total. The lowest BCUT2D eigenvalue weighted by atomic mass is 10.3. The van der Waals surface area contributed by atoms with Crippen molar-refractivity contribution in [2.24, 2.45) is 0 Å². The third-order valence-corrected chi connectivity index (χ3v) is 2.56. The molecule has 84 valence electrons. The number of aromatic nitrogens is 2.